The largest absolute Gasteiger partial charge is 0.488 e. The van der Waals surface area contributed by atoms with Crippen LogP contribution in [0, 0.1) is 19.3 Å². The quantitative estimate of drug-likeness (QED) is 0.645. The zero-order valence-electron chi connectivity index (χ0n) is 15.0. The molecule has 1 heterocycles. The predicted octanol–water partition coefficient (Wildman–Crippen LogP) is 2.85. The number of tetrazole rings is 1. The van der Waals surface area contributed by atoms with Crippen LogP contribution in [0.15, 0.2) is 41.2 Å². The first-order valence-electron chi connectivity index (χ1n) is 8.11. The Labute approximate surface area is 158 Å². The van der Waals surface area contributed by atoms with Crippen LogP contribution < -0.4 is 10.4 Å². The molecule has 0 amide bonds. The minimum absolute atomic E-state index is 0.286. The number of aryl methyl sites for hydroxylation is 2. The van der Waals surface area contributed by atoms with E-state index in [0.717, 1.165) is 15.4 Å². The van der Waals surface area contributed by atoms with Crippen molar-refractivity contribution in [3.05, 3.63) is 69.1 Å². The number of ether oxygens (including phenoxy) is 1. The Hall–Kier alpha value is -3.54. The van der Waals surface area contributed by atoms with Gasteiger partial charge in [0.1, 0.15) is 12.4 Å². The molecule has 0 atom stereocenters. The van der Waals surface area contributed by atoms with Crippen molar-refractivity contribution in [2.75, 3.05) is 0 Å². The van der Waals surface area contributed by atoms with Crippen LogP contribution in [0.25, 0.3) is 5.69 Å². The van der Waals surface area contributed by atoms with Gasteiger partial charge in [0, 0.05) is 18.2 Å². The number of hydrogen-bond acceptors (Lipinski definition) is 4. The monoisotopic (exact) mass is 388 g/mol. The standard InChI is InChI=1S/C19H15F3N4O2/c1-4-13-6-5-7-16(26-18(27)25(3)23-24-26)14(13)11-28-17-9-8-12(2)10-15(17)19(20,21)22/h1,5-10H,11H2,2-3H3. The highest BCUT2D eigenvalue weighted by Crippen LogP contribution is 2.37. The molecule has 0 aliphatic rings. The Morgan fingerprint density at radius 3 is 2.57 bits per heavy atom. The lowest BCUT2D eigenvalue weighted by atomic mass is 10.1. The first-order valence-corrected chi connectivity index (χ1v) is 8.11. The molecule has 3 rings (SSSR count). The van der Waals surface area contributed by atoms with Crippen LogP contribution in [0.3, 0.4) is 0 Å². The summed E-state index contributed by atoms with van der Waals surface area (Å²) in [7, 11) is 1.43. The van der Waals surface area contributed by atoms with Crippen molar-refractivity contribution >= 4 is 0 Å². The molecular weight excluding hydrogens is 373 g/mol. The molecule has 144 valence electrons. The summed E-state index contributed by atoms with van der Waals surface area (Å²) in [5, 5.41) is 7.40. The highest BCUT2D eigenvalue weighted by molar-refractivity contribution is 5.51. The second kappa shape index (κ2) is 7.23. The van der Waals surface area contributed by atoms with Crippen molar-refractivity contribution < 1.29 is 17.9 Å². The SMILES string of the molecule is C#Cc1cccc(-n2nnn(C)c2=O)c1COc1ccc(C)cc1C(F)(F)F. The van der Waals surface area contributed by atoms with Gasteiger partial charge in [0.05, 0.1) is 11.3 Å². The molecule has 28 heavy (non-hydrogen) atoms. The molecule has 0 radical (unpaired) electrons. The topological polar surface area (TPSA) is 61.9 Å². The second-order valence-corrected chi connectivity index (χ2v) is 6.03. The van der Waals surface area contributed by atoms with Crippen molar-refractivity contribution in [1.82, 2.24) is 19.8 Å². The van der Waals surface area contributed by atoms with Gasteiger partial charge in [-0.1, -0.05) is 23.6 Å². The Kier molecular flexibility index (Phi) is 4.96. The fraction of sp³-hybridized carbons (Fsp3) is 0.211. The van der Waals surface area contributed by atoms with E-state index in [2.05, 4.69) is 16.3 Å². The summed E-state index contributed by atoms with van der Waals surface area (Å²) >= 11 is 0. The number of terminal acetylenes is 1. The number of rotatable bonds is 4. The summed E-state index contributed by atoms with van der Waals surface area (Å²) in [6.07, 6.45) is 0.943. The molecule has 0 aliphatic carbocycles. The molecule has 0 fully saturated rings. The van der Waals surface area contributed by atoms with Crippen LogP contribution in [-0.4, -0.2) is 19.8 Å². The van der Waals surface area contributed by atoms with Gasteiger partial charge in [-0.05, 0) is 41.6 Å². The van der Waals surface area contributed by atoms with E-state index in [1.165, 1.54) is 19.2 Å². The number of hydrogen-bond donors (Lipinski definition) is 0. The van der Waals surface area contributed by atoms with E-state index in [9.17, 15) is 18.0 Å². The van der Waals surface area contributed by atoms with Crippen molar-refractivity contribution in [1.29, 1.82) is 0 Å². The smallest absolute Gasteiger partial charge is 0.419 e. The van der Waals surface area contributed by atoms with Crippen LogP contribution in [0.5, 0.6) is 5.75 Å². The average Bonchev–Trinajstić information content (AvgIpc) is 2.98. The summed E-state index contributed by atoms with van der Waals surface area (Å²) in [6, 6.07) is 8.56. The molecule has 0 saturated carbocycles. The molecule has 6 nitrogen and oxygen atoms in total. The fourth-order valence-electron chi connectivity index (χ4n) is 2.67. The fourth-order valence-corrected chi connectivity index (χ4v) is 2.67. The van der Waals surface area contributed by atoms with Crippen molar-refractivity contribution in [2.24, 2.45) is 7.05 Å². The minimum Gasteiger partial charge on any atom is -0.488 e. The summed E-state index contributed by atoms with van der Waals surface area (Å²) < 4.78 is 47.5. The maximum absolute atomic E-state index is 13.3. The third-order valence-electron chi connectivity index (χ3n) is 4.07. The van der Waals surface area contributed by atoms with Crippen molar-refractivity contribution in [3.63, 3.8) is 0 Å². The lowest BCUT2D eigenvalue weighted by molar-refractivity contribution is -0.139. The minimum atomic E-state index is -4.57. The van der Waals surface area contributed by atoms with Gasteiger partial charge in [0.2, 0.25) is 0 Å². The molecule has 0 spiro atoms. The van der Waals surface area contributed by atoms with E-state index in [4.69, 9.17) is 11.2 Å². The number of nitrogens with zero attached hydrogens (tertiary/aromatic N) is 4. The molecule has 0 saturated heterocycles. The lowest BCUT2D eigenvalue weighted by Crippen LogP contribution is -2.23. The van der Waals surface area contributed by atoms with Gasteiger partial charge in [0.25, 0.3) is 0 Å². The van der Waals surface area contributed by atoms with E-state index in [0.29, 0.717) is 16.7 Å². The van der Waals surface area contributed by atoms with Crippen LogP contribution in [-0.2, 0) is 19.8 Å². The van der Waals surface area contributed by atoms with Gasteiger partial charge >= 0.3 is 11.9 Å². The van der Waals surface area contributed by atoms with Crippen LogP contribution in [0.2, 0.25) is 0 Å². The van der Waals surface area contributed by atoms with E-state index < -0.39 is 17.4 Å². The summed E-state index contributed by atoms with van der Waals surface area (Å²) in [5.74, 6) is 2.12. The average molecular weight is 388 g/mol. The highest BCUT2D eigenvalue weighted by Gasteiger charge is 2.34. The van der Waals surface area contributed by atoms with Crippen molar-refractivity contribution in [3.8, 4) is 23.8 Å². The molecule has 3 aromatic rings. The molecule has 2 aromatic carbocycles. The highest BCUT2D eigenvalue weighted by atomic mass is 19.4. The zero-order chi connectivity index (χ0) is 20.5. The summed E-state index contributed by atoms with van der Waals surface area (Å²) in [4.78, 5) is 12.2. The van der Waals surface area contributed by atoms with Gasteiger partial charge < -0.3 is 4.74 Å². The number of aromatic nitrogens is 4. The van der Waals surface area contributed by atoms with Gasteiger partial charge in [-0.25, -0.2) is 4.79 Å². The van der Waals surface area contributed by atoms with E-state index in [1.54, 1.807) is 25.1 Å². The van der Waals surface area contributed by atoms with Gasteiger partial charge in [-0.2, -0.15) is 22.5 Å². The Morgan fingerprint density at radius 2 is 1.96 bits per heavy atom. The zero-order valence-corrected chi connectivity index (χ0v) is 15.0. The Morgan fingerprint density at radius 1 is 1.21 bits per heavy atom. The predicted molar refractivity (Wildman–Crippen MR) is 95.0 cm³/mol. The maximum atomic E-state index is 13.3. The van der Waals surface area contributed by atoms with E-state index in [1.807, 2.05) is 0 Å². The molecular formula is C19H15F3N4O2. The number of benzene rings is 2. The molecule has 1 aromatic heterocycles. The normalized spacial score (nSPS) is 11.3. The van der Waals surface area contributed by atoms with E-state index in [-0.39, 0.29) is 18.0 Å². The number of halogens is 3. The Balaban J connectivity index is 2.04. The summed E-state index contributed by atoms with van der Waals surface area (Å²) in [5.41, 5.74) is 0.0485. The Bertz CT molecular complexity index is 1120. The van der Waals surface area contributed by atoms with Gasteiger partial charge in [0.15, 0.2) is 0 Å². The van der Waals surface area contributed by atoms with E-state index >= 15 is 0 Å². The molecule has 0 aliphatic heterocycles. The third-order valence-corrected chi connectivity index (χ3v) is 4.07. The van der Waals surface area contributed by atoms with Gasteiger partial charge in [-0.15, -0.1) is 6.42 Å². The first kappa shape index (κ1) is 19.2. The van der Waals surface area contributed by atoms with Crippen LogP contribution >= 0.6 is 0 Å². The molecule has 0 N–H and O–H groups in total. The summed E-state index contributed by atoms with van der Waals surface area (Å²) in [6.45, 7) is 1.27. The van der Waals surface area contributed by atoms with Crippen LogP contribution in [0.1, 0.15) is 22.3 Å². The molecule has 0 unspecified atom stereocenters. The van der Waals surface area contributed by atoms with Gasteiger partial charge in [-0.3, -0.25) is 0 Å². The lowest BCUT2D eigenvalue weighted by Gasteiger charge is -2.16. The second-order valence-electron chi connectivity index (χ2n) is 6.03. The molecule has 9 heteroatoms. The van der Waals surface area contributed by atoms with Crippen molar-refractivity contribution in [2.45, 2.75) is 19.7 Å². The first-order chi connectivity index (χ1) is 13.2. The molecule has 0 bridgehead atoms. The van der Waals surface area contributed by atoms with Crippen LogP contribution in [0.4, 0.5) is 13.2 Å². The maximum Gasteiger partial charge on any atom is 0.419 e. The third kappa shape index (κ3) is 3.62. The number of alkyl halides is 3.